The van der Waals surface area contributed by atoms with E-state index in [4.69, 9.17) is 29.2 Å². The molecule has 14 atom stereocenters. The van der Waals surface area contributed by atoms with Gasteiger partial charge in [0, 0.05) is 4.91 Å². The summed E-state index contributed by atoms with van der Waals surface area (Å²) in [5, 5.41) is 104. The van der Waals surface area contributed by atoms with Gasteiger partial charge in [-0.25, -0.2) is 0 Å². The van der Waals surface area contributed by atoms with Crippen molar-refractivity contribution in [2.75, 3.05) is 26.4 Å². The van der Waals surface area contributed by atoms with Crippen molar-refractivity contribution < 1.29 is 74.7 Å². The molecule has 0 unspecified atom stereocenters. The maximum Gasteiger partial charge on any atom is 0.224 e. The minimum absolute atomic E-state index is 0.475. The zero-order chi connectivity index (χ0) is 26.8. The largest absolute Gasteiger partial charge is 0.394 e. The third kappa shape index (κ3) is 5.45. The van der Waals surface area contributed by atoms with Gasteiger partial charge in [0.1, 0.15) is 67.6 Å². The summed E-state index contributed by atoms with van der Waals surface area (Å²) in [7, 11) is 0. The van der Waals surface area contributed by atoms with Crippen molar-refractivity contribution in [3.8, 4) is 0 Å². The lowest BCUT2D eigenvalue weighted by Gasteiger charge is -2.45. The van der Waals surface area contributed by atoms with Crippen molar-refractivity contribution in [3.05, 3.63) is 10.4 Å². The third-order valence-corrected chi connectivity index (χ3v) is 6.31. The van der Waals surface area contributed by atoms with Crippen LogP contribution in [0.1, 0.15) is 0 Å². The normalized spacial score (nSPS) is 49.6. The van der Waals surface area contributed by atoms with Crippen LogP contribution in [0, 0.1) is 0 Å². The van der Waals surface area contributed by atoms with E-state index >= 15 is 0 Å². The average Bonchev–Trinajstić information content (AvgIpc) is 3.14. The predicted molar refractivity (Wildman–Crippen MR) is 108 cm³/mol. The quantitative estimate of drug-likeness (QED) is 0.0754. The first-order valence-electron chi connectivity index (χ1n) is 11.0. The SMILES string of the molecule is [N-]=[N+]=NC[C@H]1O[C@H](O[C@H]2[C@H](O)[C@@H](CO)O[C@@]2(CO)O[C@H]2O[C@H](CO)[C@@H](O)[C@H](O)[C@H]2O)[C@H](O)[C@@H](O)[C@@H]1O. The Morgan fingerprint density at radius 3 is 1.83 bits per heavy atom. The third-order valence-electron chi connectivity index (χ3n) is 6.31. The van der Waals surface area contributed by atoms with E-state index < -0.39 is 112 Å². The minimum Gasteiger partial charge on any atom is -0.394 e. The molecule has 18 nitrogen and oxygen atoms in total. The first-order valence-corrected chi connectivity index (χ1v) is 11.0. The average molecular weight is 529 g/mol. The van der Waals surface area contributed by atoms with E-state index in [1.54, 1.807) is 0 Å². The second kappa shape index (κ2) is 12.0. The van der Waals surface area contributed by atoms with Crippen LogP contribution in [0.4, 0.5) is 0 Å². The molecule has 3 heterocycles. The number of nitrogens with zero attached hydrogens (tertiary/aromatic N) is 3. The van der Waals surface area contributed by atoms with Crippen LogP contribution >= 0.6 is 0 Å². The van der Waals surface area contributed by atoms with Gasteiger partial charge in [-0.3, -0.25) is 0 Å². The zero-order valence-corrected chi connectivity index (χ0v) is 18.7. The second-order valence-electron chi connectivity index (χ2n) is 8.60. The molecule has 0 saturated carbocycles. The van der Waals surface area contributed by atoms with Gasteiger partial charge < -0.3 is 74.7 Å². The van der Waals surface area contributed by atoms with Gasteiger partial charge in [0.25, 0.3) is 0 Å². The molecule has 3 aliphatic rings. The van der Waals surface area contributed by atoms with Gasteiger partial charge in [-0.15, -0.1) is 0 Å². The number of azide groups is 1. The lowest BCUT2D eigenvalue weighted by atomic mass is 9.98. The summed E-state index contributed by atoms with van der Waals surface area (Å²) in [5.41, 5.74) is 8.52. The summed E-state index contributed by atoms with van der Waals surface area (Å²) in [6.45, 7) is -3.22. The topological polar surface area (TPSA) is 297 Å². The molecule has 0 radical (unpaired) electrons. The van der Waals surface area contributed by atoms with Crippen LogP contribution in [0.15, 0.2) is 5.11 Å². The van der Waals surface area contributed by atoms with Crippen LogP contribution in [0.2, 0.25) is 0 Å². The first kappa shape index (κ1) is 29.3. The molecular weight excluding hydrogens is 498 g/mol. The van der Waals surface area contributed by atoms with E-state index in [1.165, 1.54) is 0 Å². The number of hydrogen-bond donors (Lipinski definition) is 10. The van der Waals surface area contributed by atoms with Crippen LogP contribution in [-0.4, -0.2) is 163 Å². The predicted octanol–water partition coefficient (Wildman–Crippen LogP) is -6.25. The highest BCUT2D eigenvalue weighted by atomic mass is 16.8. The highest BCUT2D eigenvalue weighted by Crippen LogP contribution is 2.39. The maximum absolute atomic E-state index is 10.7. The molecule has 208 valence electrons. The van der Waals surface area contributed by atoms with E-state index in [1.807, 2.05) is 0 Å². The summed E-state index contributed by atoms with van der Waals surface area (Å²) in [6.07, 6.45) is -22.5. The van der Waals surface area contributed by atoms with Crippen molar-refractivity contribution in [1.82, 2.24) is 0 Å². The van der Waals surface area contributed by atoms with Gasteiger partial charge in [-0.05, 0) is 5.53 Å². The van der Waals surface area contributed by atoms with Gasteiger partial charge in [-0.1, -0.05) is 5.11 Å². The number of hydrogen-bond acceptors (Lipinski definition) is 16. The number of aliphatic hydroxyl groups excluding tert-OH is 10. The summed E-state index contributed by atoms with van der Waals surface area (Å²) in [5.74, 6) is -2.45. The molecule has 0 spiro atoms. The monoisotopic (exact) mass is 529 g/mol. The molecule has 3 aliphatic heterocycles. The van der Waals surface area contributed by atoms with E-state index in [0.29, 0.717) is 0 Å². The Morgan fingerprint density at radius 2 is 1.28 bits per heavy atom. The van der Waals surface area contributed by atoms with Crippen LogP contribution in [-0.2, 0) is 23.7 Å². The van der Waals surface area contributed by atoms with Crippen molar-refractivity contribution in [1.29, 1.82) is 0 Å². The van der Waals surface area contributed by atoms with Crippen molar-refractivity contribution >= 4 is 0 Å². The van der Waals surface area contributed by atoms with Crippen LogP contribution in [0.3, 0.4) is 0 Å². The Kier molecular flexibility index (Phi) is 9.80. The number of ether oxygens (including phenoxy) is 5. The molecule has 10 N–H and O–H groups in total. The van der Waals surface area contributed by atoms with Gasteiger partial charge >= 0.3 is 0 Å². The van der Waals surface area contributed by atoms with Crippen molar-refractivity contribution in [3.63, 3.8) is 0 Å². The Labute approximate surface area is 203 Å². The molecular formula is C18H31N3O15. The molecule has 0 aromatic rings. The summed E-state index contributed by atoms with van der Waals surface area (Å²) in [6, 6.07) is 0. The van der Waals surface area contributed by atoms with E-state index in [-0.39, 0.29) is 0 Å². The Morgan fingerprint density at radius 1 is 0.722 bits per heavy atom. The van der Waals surface area contributed by atoms with Crippen LogP contribution < -0.4 is 0 Å². The van der Waals surface area contributed by atoms with Crippen molar-refractivity contribution in [2.24, 2.45) is 5.11 Å². The summed E-state index contributed by atoms with van der Waals surface area (Å²) in [4.78, 5) is 2.52. The molecule has 3 rings (SSSR count). The van der Waals surface area contributed by atoms with E-state index in [2.05, 4.69) is 10.0 Å². The smallest absolute Gasteiger partial charge is 0.224 e. The molecule has 3 saturated heterocycles. The van der Waals surface area contributed by atoms with Gasteiger partial charge in [-0.2, -0.15) is 0 Å². The fourth-order valence-electron chi connectivity index (χ4n) is 4.24. The zero-order valence-electron chi connectivity index (χ0n) is 18.7. The highest BCUT2D eigenvalue weighted by Gasteiger charge is 2.61. The molecule has 18 heteroatoms. The van der Waals surface area contributed by atoms with Gasteiger partial charge in [0.05, 0.1) is 25.9 Å². The summed E-state index contributed by atoms with van der Waals surface area (Å²) < 4.78 is 27.2. The number of rotatable bonds is 9. The van der Waals surface area contributed by atoms with Crippen LogP contribution in [0.5, 0.6) is 0 Å². The highest BCUT2D eigenvalue weighted by molar-refractivity contribution is 5.01. The Bertz CT molecular complexity index is 774. The Balaban J connectivity index is 1.87. The van der Waals surface area contributed by atoms with E-state index in [9.17, 15) is 51.1 Å². The fraction of sp³-hybridized carbons (Fsp3) is 1.00. The van der Waals surface area contributed by atoms with Gasteiger partial charge in [0.2, 0.25) is 5.79 Å². The lowest BCUT2D eigenvalue weighted by Crippen LogP contribution is -2.64. The van der Waals surface area contributed by atoms with Crippen molar-refractivity contribution in [2.45, 2.75) is 85.5 Å². The molecule has 3 fully saturated rings. The fourth-order valence-corrected chi connectivity index (χ4v) is 4.24. The standard InChI is InChI=1S/C18H31N3O15/c19-21-20-1-5-8(25)11(28)13(30)16(32-5)34-15-10(27)7(3-23)35-18(15,4-24)36-17-14(31)12(29)9(26)6(2-22)33-17/h5-17,22-31H,1-4H2/t5-,6-,7-,8-,9-,10-,11+,12+,13-,14-,15+,16-,17-,18+/m1/s1. The molecule has 0 aliphatic carbocycles. The molecule has 0 aromatic carbocycles. The Hall–Kier alpha value is -1.29. The van der Waals surface area contributed by atoms with Gasteiger partial charge in [0.15, 0.2) is 12.6 Å². The lowest BCUT2D eigenvalue weighted by molar-refractivity contribution is -0.399. The summed E-state index contributed by atoms with van der Waals surface area (Å²) >= 11 is 0. The molecule has 0 bridgehead atoms. The molecule has 0 amide bonds. The number of aliphatic hydroxyl groups is 10. The molecule has 36 heavy (non-hydrogen) atoms. The maximum atomic E-state index is 10.7. The van der Waals surface area contributed by atoms with Crippen LogP contribution in [0.25, 0.3) is 10.4 Å². The van der Waals surface area contributed by atoms with E-state index in [0.717, 1.165) is 0 Å². The first-order chi connectivity index (χ1) is 17.0. The second-order valence-corrected chi connectivity index (χ2v) is 8.60. The minimum atomic E-state index is -2.45. The molecule has 0 aromatic heterocycles.